The molecule has 1 aliphatic heterocycles. The monoisotopic (exact) mass is 274 g/mol. The Labute approximate surface area is 106 Å². The second kappa shape index (κ2) is 4.55. The van der Waals surface area contributed by atoms with Gasteiger partial charge in [-0.3, -0.25) is 0 Å². The highest BCUT2D eigenvalue weighted by molar-refractivity contribution is 7.91. The highest BCUT2D eigenvalue weighted by Gasteiger charge is 2.36. The zero-order valence-electron chi connectivity index (χ0n) is 10.8. The van der Waals surface area contributed by atoms with Gasteiger partial charge in [-0.05, 0) is 13.3 Å². The lowest BCUT2D eigenvalue weighted by Gasteiger charge is -2.17. The van der Waals surface area contributed by atoms with E-state index < -0.39 is 15.9 Å². The maximum absolute atomic E-state index is 11.5. The van der Waals surface area contributed by atoms with Crippen LogP contribution in [-0.2, 0) is 16.9 Å². The van der Waals surface area contributed by atoms with Gasteiger partial charge in [-0.15, -0.1) is 0 Å². The molecule has 0 amide bonds. The van der Waals surface area contributed by atoms with Gasteiger partial charge in [0.2, 0.25) is 5.88 Å². The lowest BCUT2D eigenvalue weighted by atomic mass is 9.95. The van der Waals surface area contributed by atoms with Gasteiger partial charge in [0.25, 0.3) is 0 Å². The second-order valence-electron chi connectivity index (χ2n) is 4.74. The van der Waals surface area contributed by atoms with Crippen LogP contribution in [0.25, 0.3) is 0 Å². The number of rotatable bonds is 3. The fraction of sp³-hybridized carbons (Fsp3) is 0.727. The lowest BCUT2D eigenvalue weighted by molar-refractivity contribution is 0.117. The van der Waals surface area contributed by atoms with Crippen molar-refractivity contribution >= 4 is 9.84 Å². The summed E-state index contributed by atoms with van der Waals surface area (Å²) in [5.41, 5.74) is 1.27. The SMILES string of the molecule is COc1c(C(O)C2CCS(=O)(=O)C2)c(C)nn1C. The molecule has 1 saturated heterocycles. The van der Waals surface area contributed by atoms with E-state index in [0.717, 1.165) is 0 Å². The highest BCUT2D eigenvalue weighted by atomic mass is 32.2. The molecule has 0 spiro atoms. The topological polar surface area (TPSA) is 81.4 Å². The standard InChI is InChI=1S/C11H18N2O4S/c1-7-9(11(17-3)13(2)12-7)10(14)8-4-5-18(15,16)6-8/h8,10,14H,4-6H2,1-3H3. The van der Waals surface area contributed by atoms with E-state index in [1.54, 1.807) is 18.7 Å². The van der Waals surface area contributed by atoms with Crippen LogP contribution in [0.15, 0.2) is 0 Å². The third-order valence-electron chi connectivity index (χ3n) is 3.42. The molecule has 102 valence electrons. The molecule has 2 heterocycles. The number of aliphatic hydroxyl groups excluding tert-OH is 1. The summed E-state index contributed by atoms with van der Waals surface area (Å²) in [6.07, 6.45) is -0.355. The van der Waals surface area contributed by atoms with Crippen LogP contribution in [0.5, 0.6) is 5.88 Å². The first-order valence-corrected chi connectivity index (χ1v) is 7.64. The van der Waals surface area contributed by atoms with Crippen molar-refractivity contribution in [3.8, 4) is 5.88 Å². The predicted molar refractivity (Wildman–Crippen MR) is 66.2 cm³/mol. The molecule has 0 aromatic carbocycles. The van der Waals surface area contributed by atoms with Crippen LogP contribution < -0.4 is 4.74 Å². The number of methoxy groups -OCH3 is 1. The van der Waals surface area contributed by atoms with Crippen LogP contribution in [0, 0.1) is 12.8 Å². The maximum Gasteiger partial charge on any atom is 0.217 e. The van der Waals surface area contributed by atoms with Crippen LogP contribution in [0.4, 0.5) is 0 Å². The fourth-order valence-electron chi connectivity index (χ4n) is 2.54. The van der Waals surface area contributed by atoms with E-state index in [4.69, 9.17) is 4.74 Å². The minimum absolute atomic E-state index is 0.0334. The van der Waals surface area contributed by atoms with Gasteiger partial charge < -0.3 is 9.84 Å². The van der Waals surface area contributed by atoms with Crippen molar-refractivity contribution in [1.82, 2.24) is 9.78 Å². The van der Waals surface area contributed by atoms with Crippen molar-refractivity contribution in [2.45, 2.75) is 19.4 Å². The van der Waals surface area contributed by atoms with Gasteiger partial charge >= 0.3 is 0 Å². The third-order valence-corrected chi connectivity index (χ3v) is 5.21. The summed E-state index contributed by atoms with van der Waals surface area (Å²) in [6, 6.07) is 0. The zero-order valence-corrected chi connectivity index (χ0v) is 11.6. The molecule has 1 fully saturated rings. The van der Waals surface area contributed by atoms with Gasteiger partial charge in [-0.2, -0.15) is 5.10 Å². The van der Waals surface area contributed by atoms with E-state index in [-0.39, 0.29) is 17.4 Å². The molecule has 1 aliphatic rings. The minimum Gasteiger partial charge on any atom is -0.481 e. The fourth-order valence-corrected chi connectivity index (χ4v) is 4.37. The number of aryl methyl sites for hydroxylation is 2. The van der Waals surface area contributed by atoms with Gasteiger partial charge in [0.1, 0.15) is 0 Å². The van der Waals surface area contributed by atoms with Crippen LogP contribution in [0.3, 0.4) is 0 Å². The summed E-state index contributed by atoms with van der Waals surface area (Å²) in [6.45, 7) is 1.78. The molecule has 2 rings (SSSR count). The van der Waals surface area contributed by atoms with Crippen LogP contribution >= 0.6 is 0 Å². The number of hydrogen-bond acceptors (Lipinski definition) is 5. The highest BCUT2D eigenvalue weighted by Crippen LogP contribution is 2.37. The lowest BCUT2D eigenvalue weighted by Crippen LogP contribution is -2.15. The minimum atomic E-state index is -3.00. The molecule has 2 atom stereocenters. The second-order valence-corrected chi connectivity index (χ2v) is 6.97. The molecule has 0 saturated carbocycles. The number of ether oxygens (including phenoxy) is 1. The van der Waals surface area contributed by atoms with Gasteiger partial charge in [0.05, 0.1) is 36.0 Å². The largest absolute Gasteiger partial charge is 0.481 e. The van der Waals surface area contributed by atoms with Crippen molar-refractivity contribution in [1.29, 1.82) is 0 Å². The van der Waals surface area contributed by atoms with Gasteiger partial charge in [0, 0.05) is 13.0 Å². The van der Waals surface area contributed by atoms with E-state index in [1.165, 1.54) is 7.11 Å². The molecule has 1 aromatic rings. The first kappa shape index (κ1) is 13.4. The molecule has 1 aromatic heterocycles. The molecule has 0 bridgehead atoms. The molecular weight excluding hydrogens is 256 g/mol. The molecule has 2 unspecified atom stereocenters. The van der Waals surface area contributed by atoms with E-state index in [1.807, 2.05) is 0 Å². The maximum atomic E-state index is 11.5. The number of aromatic nitrogens is 2. The predicted octanol–water partition coefficient (Wildman–Crippen LogP) is 0.205. The Morgan fingerprint density at radius 1 is 1.56 bits per heavy atom. The van der Waals surface area contributed by atoms with Crippen molar-refractivity contribution in [2.75, 3.05) is 18.6 Å². The van der Waals surface area contributed by atoms with Crippen molar-refractivity contribution in [3.05, 3.63) is 11.3 Å². The molecule has 0 radical (unpaired) electrons. The van der Waals surface area contributed by atoms with Crippen molar-refractivity contribution in [2.24, 2.45) is 13.0 Å². The van der Waals surface area contributed by atoms with Gasteiger partial charge in [0.15, 0.2) is 9.84 Å². The van der Waals surface area contributed by atoms with Gasteiger partial charge in [-0.1, -0.05) is 0 Å². The Morgan fingerprint density at radius 2 is 2.22 bits per heavy atom. The summed E-state index contributed by atoms with van der Waals surface area (Å²) in [5, 5.41) is 14.6. The normalized spacial score (nSPS) is 24.1. The number of hydrogen-bond donors (Lipinski definition) is 1. The number of aliphatic hydroxyl groups is 1. The van der Waals surface area contributed by atoms with Gasteiger partial charge in [-0.25, -0.2) is 13.1 Å². The summed E-state index contributed by atoms with van der Waals surface area (Å²) in [5.74, 6) is 0.401. The first-order valence-electron chi connectivity index (χ1n) is 5.81. The quantitative estimate of drug-likeness (QED) is 0.852. The summed E-state index contributed by atoms with van der Waals surface area (Å²) < 4.78 is 29.7. The molecular formula is C11H18N2O4S. The van der Waals surface area contributed by atoms with E-state index in [0.29, 0.717) is 23.6 Å². The van der Waals surface area contributed by atoms with Crippen LogP contribution in [0.2, 0.25) is 0 Å². The number of nitrogens with zero attached hydrogens (tertiary/aromatic N) is 2. The average molecular weight is 274 g/mol. The Hall–Kier alpha value is -1.08. The first-order chi connectivity index (χ1) is 8.35. The molecule has 7 heteroatoms. The van der Waals surface area contributed by atoms with Crippen LogP contribution in [-0.4, -0.2) is 41.9 Å². The Kier molecular flexibility index (Phi) is 3.37. The van der Waals surface area contributed by atoms with Crippen molar-refractivity contribution in [3.63, 3.8) is 0 Å². The van der Waals surface area contributed by atoms with E-state index in [9.17, 15) is 13.5 Å². The van der Waals surface area contributed by atoms with Crippen LogP contribution in [0.1, 0.15) is 23.8 Å². The average Bonchev–Trinajstić information content (AvgIpc) is 2.77. The Morgan fingerprint density at radius 3 is 2.72 bits per heavy atom. The Balaban J connectivity index is 2.32. The summed E-state index contributed by atoms with van der Waals surface area (Å²) in [7, 11) is 0.239. The van der Waals surface area contributed by atoms with E-state index in [2.05, 4.69) is 5.10 Å². The smallest absolute Gasteiger partial charge is 0.217 e. The summed E-state index contributed by atoms with van der Waals surface area (Å²) in [4.78, 5) is 0. The third kappa shape index (κ3) is 2.24. The molecule has 0 aliphatic carbocycles. The van der Waals surface area contributed by atoms with E-state index >= 15 is 0 Å². The molecule has 6 nitrogen and oxygen atoms in total. The molecule has 18 heavy (non-hydrogen) atoms. The Bertz CT molecular complexity index is 550. The summed E-state index contributed by atoms with van der Waals surface area (Å²) >= 11 is 0. The number of sulfone groups is 1. The molecule has 1 N–H and O–H groups in total. The zero-order chi connectivity index (χ0) is 13.5. The van der Waals surface area contributed by atoms with Crippen molar-refractivity contribution < 1.29 is 18.3 Å².